The molecule has 1 saturated heterocycles. The van der Waals surface area contributed by atoms with Crippen LogP contribution in [0, 0.1) is 0 Å². The molecule has 0 unspecified atom stereocenters. The molecule has 1 amide bonds. The van der Waals surface area contributed by atoms with Crippen LogP contribution in [0.3, 0.4) is 0 Å². The van der Waals surface area contributed by atoms with E-state index in [0.29, 0.717) is 6.47 Å². The molecule has 3 N–H and O–H groups in total. The van der Waals surface area contributed by atoms with Gasteiger partial charge >= 0.3 is 0 Å². The SMILES string of the molecule is CC.COC=O.C\C(O)=C/C=C\C=C\N.O=CN1CCCCC1. The second-order valence-corrected chi connectivity index (χ2v) is 4.11. The number of hydrogen-bond acceptors (Lipinski definition) is 5. The fourth-order valence-electron chi connectivity index (χ4n) is 1.35. The first-order valence-corrected chi connectivity index (χ1v) is 7.68. The Bertz CT molecular complexity index is 329. The van der Waals surface area contributed by atoms with Gasteiger partial charge in [-0.15, -0.1) is 0 Å². The molecule has 1 aliphatic rings. The van der Waals surface area contributed by atoms with Crippen LogP contribution in [0.5, 0.6) is 0 Å². The number of hydrogen-bond donors (Lipinski definition) is 2. The van der Waals surface area contributed by atoms with Gasteiger partial charge in [0.2, 0.25) is 6.41 Å². The lowest BCUT2D eigenvalue weighted by Gasteiger charge is -2.21. The van der Waals surface area contributed by atoms with Crippen LogP contribution in [0.25, 0.3) is 0 Å². The number of amides is 1. The Labute approximate surface area is 140 Å². The Morgan fingerprint density at radius 2 is 1.61 bits per heavy atom. The van der Waals surface area contributed by atoms with E-state index in [2.05, 4.69) is 4.74 Å². The van der Waals surface area contributed by atoms with Crippen molar-refractivity contribution in [1.82, 2.24) is 4.90 Å². The van der Waals surface area contributed by atoms with Crippen molar-refractivity contribution < 1.29 is 19.4 Å². The van der Waals surface area contributed by atoms with Crippen molar-refractivity contribution in [2.75, 3.05) is 20.2 Å². The van der Waals surface area contributed by atoms with Crippen molar-refractivity contribution in [1.29, 1.82) is 0 Å². The second kappa shape index (κ2) is 24.8. The molecule has 1 fully saturated rings. The number of allylic oxidation sites excluding steroid dienone is 5. The minimum Gasteiger partial charge on any atom is -0.513 e. The second-order valence-electron chi connectivity index (χ2n) is 4.11. The fraction of sp³-hybridized carbons (Fsp3) is 0.529. The highest BCUT2D eigenvalue weighted by Gasteiger charge is 2.05. The highest BCUT2D eigenvalue weighted by molar-refractivity contribution is 5.46. The number of aliphatic hydroxyl groups excluding tert-OH is 1. The number of nitrogens with zero attached hydrogens (tertiary/aromatic N) is 1. The number of aliphatic hydroxyl groups is 1. The molecule has 134 valence electrons. The molecule has 0 aromatic carbocycles. The van der Waals surface area contributed by atoms with Crippen molar-refractivity contribution in [3.8, 4) is 0 Å². The molecular formula is C17H32N2O4. The number of likely N-dealkylation sites (tertiary alicyclic amines) is 1. The standard InChI is InChI=1S/C7H11NO.C6H11NO.C2H4O2.C2H6/c1-7(9)5-3-2-4-6-8;8-6-7-4-2-1-3-5-7;1-4-2-3;1-2/h2-6,9H,8H2,1H3;6H,1-5H2;2H,1H3;1-2H3/b3-2-,6-4+,7-5+;;;. The van der Waals surface area contributed by atoms with E-state index in [0.717, 1.165) is 19.5 Å². The zero-order valence-electron chi connectivity index (χ0n) is 14.8. The maximum absolute atomic E-state index is 10.1. The van der Waals surface area contributed by atoms with Crippen LogP contribution in [0.1, 0.15) is 40.0 Å². The first kappa shape index (κ1) is 25.7. The van der Waals surface area contributed by atoms with E-state index in [1.165, 1.54) is 32.6 Å². The largest absolute Gasteiger partial charge is 0.513 e. The summed E-state index contributed by atoms with van der Waals surface area (Å²) in [4.78, 5) is 20.9. The zero-order valence-corrected chi connectivity index (χ0v) is 14.8. The fourth-order valence-corrected chi connectivity index (χ4v) is 1.35. The smallest absolute Gasteiger partial charge is 0.292 e. The van der Waals surface area contributed by atoms with E-state index in [1.807, 2.05) is 18.7 Å². The molecule has 0 atom stereocenters. The van der Waals surface area contributed by atoms with Crippen LogP contribution in [0.4, 0.5) is 0 Å². The molecule has 0 spiro atoms. The number of piperidine rings is 1. The summed E-state index contributed by atoms with van der Waals surface area (Å²) < 4.78 is 3.86. The molecule has 6 nitrogen and oxygen atoms in total. The molecule has 0 aliphatic carbocycles. The highest BCUT2D eigenvalue weighted by atomic mass is 16.5. The first-order chi connectivity index (χ1) is 11.1. The lowest BCUT2D eigenvalue weighted by Crippen LogP contribution is -2.27. The number of carbonyl (C=O) groups is 2. The van der Waals surface area contributed by atoms with E-state index < -0.39 is 0 Å². The number of carbonyl (C=O) groups excluding carboxylic acids is 2. The maximum Gasteiger partial charge on any atom is 0.292 e. The summed E-state index contributed by atoms with van der Waals surface area (Å²) in [6.45, 7) is 7.93. The molecule has 1 rings (SSSR count). The zero-order chi connectivity index (χ0) is 18.3. The minimum absolute atomic E-state index is 0.289. The average Bonchev–Trinajstić information content (AvgIpc) is 2.62. The monoisotopic (exact) mass is 328 g/mol. The summed E-state index contributed by atoms with van der Waals surface area (Å²) in [5.41, 5.74) is 5.03. The third-order valence-electron chi connectivity index (χ3n) is 2.31. The predicted octanol–water partition coefficient (Wildman–Crippen LogP) is 2.92. The van der Waals surface area contributed by atoms with Gasteiger partial charge in [-0.2, -0.15) is 0 Å². The molecular weight excluding hydrogens is 296 g/mol. The number of rotatable bonds is 4. The average molecular weight is 328 g/mol. The van der Waals surface area contributed by atoms with Crippen molar-refractivity contribution in [2.24, 2.45) is 5.73 Å². The molecule has 0 saturated carbocycles. The first-order valence-electron chi connectivity index (χ1n) is 7.68. The molecule has 6 heteroatoms. The number of methoxy groups -OCH3 is 1. The maximum atomic E-state index is 10.1. The van der Waals surface area contributed by atoms with Crippen molar-refractivity contribution >= 4 is 12.9 Å². The van der Waals surface area contributed by atoms with Gasteiger partial charge in [-0.1, -0.05) is 26.0 Å². The van der Waals surface area contributed by atoms with Crippen molar-refractivity contribution in [2.45, 2.75) is 40.0 Å². The van der Waals surface area contributed by atoms with Gasteiger partial charge in [0.15, 0.2) is 0 Å². The normalized spacial score (nSPS) is 13.7. The van der Waals surface area contributed by atoms with E-state index >= 15 is 0 Å². The topological polar surface area (TPSA) is 92.9 Å². The molecule has 0 radical (unpaired) electrons. The molecule has 0 aromatic heterocycles. The van der Waals surface area contributed by atoms with Gasteiger partial charge in [0.05, 0.1) is 12.9 Å². The van der Waals surface area contributed by atoms with Gasteiger partial charge in [-0.3, -0.25) is 9.59 Å². The van der Waals surface area contributed by atoms with Gasteiger partial charge in [-0.25, -0.2) is 0 Å². The van der Waals surface area contributed by atoms with Crippen LogP contribution < -0.4 is 5.73 Å². The summed E-state index contributed by atoms with van der Waals surface area (Å²) >= 11 is 0. The van der Waals surface area contributed by atoms with E-state index in [-0.39, 0.29) is 5.76 Å². The van der Waals surface area contributed by atoms with Crippen LogP contribution in [-0.2, 0) is 14.3 Å². The molecule has 1 aliphatic heterocycles. The van der Waals surface area contributed by atoms with E-state index in [4.69, 9.17) is 15.6 Å². The minimum atomic E-state index is 0.289. The quantitative estimate of drug-likeness (QED) is 0.470. The van der Waals surface area contributed by atoms with Gasteiger partial charge in [0, 0.05) is 13.1 Å². The van der Waals surface area contributed by atoms with Crippen LogP contribution >= 0.6 is 0 Å². The van der Waals surface area contributed by atoms with Gasteiger partial charge in [-0.05, 0) is 44.5 Å². The van der Waals surface area contributed by atoms with Gasteiger partial charge in [0.25, 0.3) is 6.47 Å². The molecule has 1 heterocycles. The molecule has 0 aromatic rings. The summed E-state index contributed by atoms with van der Waals surface area (Å²) in [6, 6.07) is 0. The number of ether oxygens (including phenoxy) is 1. The summed E-state index contributed by atoms with van der Waals surface area (Å²) in [6.07, 6.45) is 12.8. The van der Waals surface area contributed by atoms with Crippen LogP contribution in [0.2, 0.25) is 0 Å². The van der Waals surface area contributed by atoms with Crippen molar-refractivity contribution in [3.63, 3.8) is 0 Å². The third-order valence-corrected chi connectivity index (χ3v) is 2.31. The lowest BCUT2D eigenvalue weighted by atomic mass is 10.1. The Hall–Kier alpha value is -2.24. The van der Waals surface area contributed by atoms with Crippen LogP contribution in [0.15, 0.2) is 36.3 Å². The van der Waals surface area contributed by atoms with E-state index in [9.17, 15) is 4.79 Å². The van der Waals surface area contributed by atoms with Crippen molar-refractivity contribution in [3.05, 3.63) is 36.3 Å². The van der Waals surface area contributed by atoms with Crippen LogP contribution in [-0.4, -0.2) is 43.1 Å². The molecule has 0 bridgehead atoms. The van der Waals surface area contributed by atoms with E-state index in [1.54, 1.807) is 31.2 Å². The number of nitrogens with two attached hydrogens (primary N) is 1. The highest BCUT2D eigenvalue weighted by Crippen LogP contribution is 2.05. The molecule has 23 heavy (non-hydrogen) atoms. The predicted molar refractivity (Wildman–Crippen MR) is 94.8 cm³/mol. The summed E-state index contributed by atoms with van der Waals surface area (Å²) in [5.74, 6) is 0.289. The summed E-state index contributed by atoms with van der Waals surface area (Å²) in [5, 5.41) is 8.61. The van der Waals surface area contributed by atoms with Gasteiger partial charge in [0.1, 0.15) is 0 Å². The summed E-state index contributed by atoms with van der Waals surface area (Å²) in [7, 11) is 1.31. The Balaban J connectivity index is -0.000000262. The van der Waals surface area contributed by atoms with Gasteiger partial charge < -0.3 is 20.5 Å². The Kier molecular flexibility index (Phi) is 27.7. The Morgan fingerprint density at radius 1 is 1.09 bits per heavy atom. The Morgan fingerprint density at radius 3 is 1.91 bits per heavy atom. The third kappa shape index (κ3) is 28.6. The lowest BCUT2D eigenvalue weighted by molar-refractivity contribution is -0.126.